The number of tetrazole rings is 1. The number of H-pyrrole nitrogens is 2. The largest absolute Gasteiger partial charge is 0.344 e. The standard InChI is InChI=1S/C32H35N9O2/c1-19-34-27-15-12-25(17-28(27)35-19)22-6-2-20(3-7-22)16-29(37-31(42)24-8-4-21(18-33)5-9-24)32(43)36-26-13-10-23(11-14-26)30-38-40-41-39-30/h2-3,6-7,10-15,17,21,24,29H,4-5,8-9,16,18,33H2,1H3,(H,34,35)(H,36,43)(H,37,42)(H,38,39,40,41)/t21?,24?,29-/m0/s1. The normalized spacial score (nSPS) is 17.4. The van der Waals surface area contributed by atoms with E-state index in [0.717, 1.165) is 64.8 Å². The van der Waals surface area contributed by atoms with Gasteiger partial charge in [-0.2, -0.15) is 5.21 Å². The zero-order chi connectivity index (χ0) is 29.8. The average Bonchev–Trinajstić information content (AvgIpc) is 3.70. The Morgan fingerprint density at radius 3 is 2.37 bits per heavy atom. The minimum Gasteiger partial charge on any atom is -0.344 e. The summed E-state index contributed by atoms with van der Waals surface area (Å²) in [6.07, 6.45) is 3.80. The highest BCUT2D eigenvalue weighted by molar-refractivity contribution is 5.97. The Balaban J connectivity index is 1.17. The number of imidazole rings is 1. The summed E-state index contributed by atoms with van der Waals surface area (Å²) in [5.41, 5.74) is 12.2. The van der Waals surface area contributed by atoms with Crippen molar-refractivity contribution in [2.75, 3.05) is 11.9 Å². The molecule has 6 N–H and O–H groups in total. The lowest BCUT2D eigenvalue weighted by atomic mass is 9.81. The van der Waals surface area contributed by atoms with Gasteiger partial charge in [0.25, 0.3) is 0 Å². The van der Waals surface area contributed by atoms with E-state index in [1.807, 2.05) is 49.4 Å². The van der Waals surface area contributed by atoms with Crippen molar-refractivity contribution in [1.82, 2.24) is 35.9 Å². The van der Waals surface area contributed by atoms with Crippen LogP contribution in [0.3, 0.4) is 0 Å². The molecule has 0 unspecified atom stereocenters. The molecule has 1 atom stereocenters. The fraction of sp³-hybridized carbons (Fsp3) is 0.312. The summed E-state index contributed by atoms with van der Waals surface area (Å²) < 4.78 is 0. The summed E-state index contributed by atoms with van der Waals surface area (Å²) >= 11 is 0. The first-order valence-electron chi connectivity index (χ1n) is 14.7. The molecule has 0 radical (unpaired) electrons. The van der Waals surface area contributed by atoms with E-state index in [0.29, 0.717) is 30.4 Å². The van der Waals surface area contributed by atoms with Gasteiger partial charge in [0.15, 0.2) is 0 Å². The van der Waals surface area contributed by atoms with Gasteiger partial charge in [0.1, 0.15) is 11.9 Å². The number of fused-ring (bicyclic) bond motifs is 1. The molecule has 6 rings (SSSR count). The summed E-state index contributed by atoms with van der Waals surface area (Å²) in [7, 11) is 0. The van der Waals surface area contributed by atoms with Gasteiger partial charge in [0, 0.05) is 23.6 Å². The molecule has 0 aliphatic heterocycles. The molecule has 11 heteroatoms. The van der Waals surface area contributed by atoms with Gasteiger partial charge < -0.3 is 21.4 Å². The number of aryl methyl sites for hydroxylation is 1. The molecule has 5 aromatic rings. The fourth-order valence-corrected chi connectivity index (χ4v) is 5.76. The first-order chi connectivity index (χ1) is 20.9. The third-order valence-electron chi connectivity index (χ3n) is 8.27. The zero-order valence-corrected chi connectivity index (χ0v) is 24.0. The number of nitrogens with zero attached hydrogens (tertiary/aromatic N) is 4. The topological polar surface area (TPSA) is 167 Å². The summed E-state index contributed by atoms with van der Waals surface area (Å²) in [6.45, 7) is 2.59. The van der Waals surface area contributed by atoms with Crippen molar-refractivity contribution in [2.45, 2.75) is 45.1 Å². The number of amides is 2. The molecule has 3 aromatic carbocycles. The minimum atomic E-state index is -0.744. The van der Waals surface area contributed by atoms with Gasteiger partial charge in [-0.1, -0.05) is 30.3 Å². The number of nitrogens with one attached hydrogen (secondary N) is 4. The highest BCUT2D eigenvalue weighted by Gasteiger charge is 2.29. The second-order valence-electron chi connectivity index (χ2n) is 11.3. The lowest BCUT2D eigenvalue weighted by Crippen LogP contribution is -2.48. The molecule has 2 heterocycles. The van der Waals surface area contributed by atoms with E-state index in [1.54, 1.807) is 12.1 Å². The predicted molar refractivity (Wildman–Crippen MR) is 165 cm³/mol. The number of carbonyl (C=O) groups is 2. The molecule has 2 aromatic heterocycles. The first kappa shape index (κ1) is 28.2. The van der Waals surface area contributed by atoms with Crippen molar-refractivity contribution in [3.05, 3.63) is 78.1 Å². The molecule has 220 valence electrons. The maximum absolute atomic E-state index is 13.6. The summed E-state index contributed by atoms with van der Waals surface area (Å²) in [4.78, 5) is 34.7. The summed E-state index contributed by atoms with van der Waals surface area (Å²) in [6, 6.07) is 20.7. The number of benzene rings is 3. The van der Waals surface area contributed by atoms with Gasteiger partial charge in [0.05, 0.1) is 11.0 Å². The highest BCUT2D eigenvalue weighted by Crippen LogP contribution is 2.29. The smallest absolute Gasteiger partial charge is 0.247 e. The van der Waals surface area contributed by atoms with Gasteiger partial charge in [-0.15, -0.1) is 10.2 Å². The summed E-state index contributed by atoms with van der Waals surface area (Å²) in [5, 5.41) is 20.0. The van der Waals surface area contributed by atoms with Crippen LogP contribution in [0.5, 0.6) is 0 Å². The Kier molecular flexibility index (Phi) is 8.23. The third kappa shape index (κ3) is 6.62. The maximum Gasteiger partial charge on any atom is 0.247 e. The van der Waals surface area contributed by atoms with Crippen molar-refractivity contribution < 1.29 is 9.59 Å². The monoisotopic (exact) mass is 577 g/mol. The molecule has 0 spiro atoms. The molecule has 1 aliphatic rings. The Bertz CT molecular complexity index is 1690. The van der Waals surface area contributed by atoms with Gasteiger partial charge >= 0.3 is 0 Å². The number of carbonyl (C=O) groups excluding carboxylic acids is 2. The second kappa shape index (κ2) is 12.5. The van der Waals surface area contributed by atoms with E-state index in [9.17, 15) is 9.59 Å². The number of aromatic nitrogens is 6. The molecule has 2 amide bonds. The van der Waals surface area contributed by atoms with E-state index in [1.165, 1.54) is 0 Å². The molecule has 11 nitrogen and oxygen atoms in total. The Hall–Kier alpha value is -4.90. The van der Waals surface area contributed by atoms with Crippen molar-refractivity contribution in [1.29, 1.82) is 0 Å². The van der Waals surface area contributed by atoms with Crippen LogP contribution >= 0.6 is 0 Å². The first-order valence-corrected chi connectivity index (χ1v) is 14.7. The molecule has 1 fully saturated rings. The Morgan fingerprint density at radius 2 is 1.67 bits per heavy atom. The second-order valence-corrected chi connectivity index (χ2v) is 11.3. The van der Waals surface area contributed by atoms with Crippen LogP contribution in [0.25, 0.3) is 33.5 Å². The van der Waals surface area contributed by atoms with E-state index >= 15 is 0 Å². The van der Waals surface area contributed by atoms with Crippen LogP contribution in [0.2, 0.25) is 0 Å². The third-order valence-corrected chi connectivity index (χ3v) is 8.27. The molecular formula is C32H35N9O2. The average molecular weight is 578 g/mol. The quantitative estimate of drug-likeness (QED) is 0.175. The van der Waals surface area contributed by atoms with Crippen molar-refractivity contribution in [3.8, 4) is 22.5 Å². The molecule has 1 saturated carbocycles. The van der Waals surface area contributed by atoms with Gasteiger partial charge in [0.2, 0.25) is 17.6 Å². The van der Waals surface area contributed by atoms with E-state index in [-0.39, 0.29) is 17.7 Å². The fourth-order valence-electron chi connectivity index (χ4n) is 5.76. The van der Waals surface area contributed by atoms with Crippen LogP contribution in [0.4, 0.5) is 5.69 Å². The van der Waals surface area contributed by atoms with E-state index in [4.69, 9.17) is 5.73 Å². The maximum atomic E-state index is 13.6. The number of rotatable bonds is 9. The lowest BCUT2D eigenvalue weighted by molar-refractivity contribution is -0.130. The molecule has 0 bridgehead atoms. The van der Waals surface area contributed by atoms with Crippen molar-refractivity contribution >= 4 is 28.5 Å². The van der Waals surface area contributed by atoms with Crippen LogP contribution in [-0.4, -0.2) is 55.0 Å². The van der Waals surface area contributed by atoms with Crippen LogP contribution in [-0.2, 0) is 16.0 Å². The van der Waals surface area contributed by atoms with E-state index in [2.05, 4.69) is 53.4 Å². The lowest BCUT2D eigenvalue weighted by Gasteiger charge is -2.28. The molecule has 0 saturated heterocycles. The highest BCUT2D eigenvalue weighted by atomic mass is 16.2. The number of nitrogens with two attached hydrogens (primary N) is 1. The molecule has 1 aliphatic carbocycles. The number of hydrogen-bond acceptors (Lipinski definition) is 7. The minimum absolute atomic E-state index is 0.0807. The van der Waals surface area contributed by atoms with Crippen LogP contribution in [0.1, 0.15) is 37.1 Å². The van der Waals surface area contributed by atoms with Gasteiger partial charge in [-0.3, -0.25) is 9.59 Å². The van der Waals surface area contributed by atoms with Gasteiger partial charge in [-0.05, 0) is 103 Å². The number of hydrogen-bond donors (Lipinski definition) is 5. The van der Waals surface area contributed by atoms with Crippen LogP contribution < -0.4 is 16.4 Å². The van der Waals surface area contributed by atoms with Crippen LogP contribution in [0, 0.1) is 18.8 Å². The molecule has 43 heavy (non-hydrogen) atoms. The summed E-state index contributed by atoms with van der Waals surface area (Å²) in [5.74, 6) is 1.34. The SMILES string of the molecule is Cc1nc2ccc(-c3ccc(C[C@H](NC(=O)C4CCC(CN)CC4)C(=O)Nc4ccc(-c5nn[nH]n5)cc4)cc3)cc2[nH]1. The number of anilines is 1. The number of aromatic amines is 2. The Morgan fingerprint density at radius 1 is 0.953 bits per heavy atom. The van der Waals surface area contributed by atoms with Crippen LogP contribution in [0.15, 0.2) is 66.7 Å². The zero-order valence-electron chi connectivity index (χ0n) is 24.0. The van der Waals surface area contributed by atoms with Crippen molar-refractivity contribution in [3.63, 3.8) is 0 Å². The Labute approximate surface area is 249 Å². The van der Waals surface area contributed by atoms with E-state index < -0.39 is 6.04 Å². The van der Waals surface area contributed by atoms with Gasteiger partial charge in [-0.25, -0.2) is 4.98 Å². The van der Waals surface area contributed by atoms with Crippen molar-refractivity contribution in [2.24, 2.45) is 17.6 Å². The molecular weight excluding hydrogens is 542 g/mol. The predicted octanol–water partition coefficient (Wildman–Crippen LogP) is 4.15.